The van der Waals surface area contributed by atoms with Crippen LogP contribution in [-0.2, 0) is 11.2 Å². The number of anilines is 1. The molecule has 1 unspecified atom stereocenters. The molecule has 1 aromatic carbocycles. The molecule has 104 valence electrons. The van der Waals surface area contributed by atoms with E-state index < -0.39 is 23.6 Å². The summed E-state index contributed by atoms with van der Waals surface area (Å²) in [5.74, 6) is -3.05. The maximum absolute atomic E-state index is 13.4. The zero-order valence-electron chi connectivity index (χ0n) is 10.4. The van der Waals surface area contributed by atoms with Crippen LogP contribution in [0.15, 0.2) is 12.1 Å². The summed E-state index contributed by atoms with van der Waals surface area (Å²) in [6.45, 7) is 1.53. The van der Waals surface area contributed by atoms with E-state index in [1.165, 1.54) is 0 Å². The molecule has 2 rings (SSSR count). The second-order valence-electron chi connectivity index (χ2n) is 4.74. The van der Waals surface area contributed by atoms with E-state index in [2.05, 4.69) is 0 Å². The number of carbonyl (C=O) groups is 1. The summed E-state index contributed by atoms with van der Waals surface area (Å²) in [4.78, 5) is 12.7. The third-order valence-corrected chi connectivity index (χ3v) is 3.33. The predicted molar refractivity (Wildman–Crippen MR) is 67.1 cm³/mol. The Hall–Kier alpha value is -1.69. The van der Waals surface area contributed by atoms with Crippen LogP contribution < -0.4 is 10.6 Å². The van der Waals surface area contributed by atoms with E-state index in [-0.39, 0.29) is 6.42 Å². The van der Waals surface area contributed by atoms with E-state index in [1.807, 2.05) is 4.90 Å². The van der Waals surface area contributed by atoms with Crippen LogP contribution in [-0.4, -0.2) is 30.2 Å². The normalized spacial score (nSPS) is 16.7. The zero-order valence-corrected chi connectivity index (χ0v) is 10.4. The maximum Gasteiger partial charge on any atom is 0.320 e. The van der Waals surface area contributed by atoms with E-state index in [4.69, 9.17) is 10.8 Å². The highest BCUT2D eigenvalue weighted by Crippen LogP contribution is 2.28. The summed E-state index contributed by atoms with van der Waals surface area (Å²) >= 11 is 0. The molecular weight excluding hydrogens is 254 g/mol. The number of hydrogen-bond donors (Lipinski definition) is 2. The number of nitrogens with two attached hydrogens (primary N) is 1. The molecule has 0 aromatic heterocycles. The number of benzene rings is 1. The van der Waals surface area contributed by atoms with Crippen molar-refractivity contribution in [2.45, 2.75) is 25.3 Å². The van der Waals surface area contributed by atoms with Gasteiger partial charge >= 0.3 is 5.97 Å². The number of nitrogens with zero attached hydrogens (tertiary/aromatic N) is 1. The van der Waals surface area contributed by atoms with Gasteiger partial charge in [0.25, 0.3) is 0 Å². The molecule has 0 aliphatic carbocycles. The Bertz CT molecular complexity index is 488. The second-order valence-corrected chi connectivity index (χ2v) is 4.74. The average molecular weight is 270 g/mol. The van der Waals surface area contributed by atoms with Crippen LogP contribution >= 0.6 is 0 Å². The molecule has 19 heavy (non-hydrogen) atoms. The van der Waals surface area contributed by atoms with Crippen LogP contribution in [0.2, 0.25) is 0 Å². The van der Waals surface area contributed by atoms with Crippen molar-refractivity contribution < 1.29 is 18.7 Å². The van der Waals surface area contributed by atoms with Crippen molar-refractivity contribution in [1.82, 2.24) is 0 Å². The first-order valence-corrected chi connectivity index (χ1v) is 6.20. The first kappa shape index (κ1) is 13.7. The highest BCUT2D eigenvalue weighted by molar-refractivity contribution is 5.74. The van der Waals surface area contributed by atoms with Crippen molar-refractivity contribution in [2.24, 2.45) is 5.73 Å². The Morgan fingerprint density at radius 3 is 2.47 bits per heavy atom. The van der Waals surface area contributed by atoms with Gasteiger partial charge in [-0.25, -0.2) is 8.78 Å². The van der Waals surface area contributed by atoms with Gasteiger partial charge in [-0.15, -0.1) is 0 Å². The molecule has 1 heterocycles. The van der Waals surface area contributed by atoms with Crippen LogP contribution in [0.25, 0.3) is 0 Å². The highest BCUT2D eigenvalue weighted by atomic mass is 19.2. The molecule has 0 saturated carbocycles. The van der Waals surface area contributed by atoms with Gasteiger partial charge in [0, 0.05) is 31.3 Å². The Labute approximate surface area is 109 Å². The molecule has 3 N–H and O–H groups in total. The SMILES string of the molecule is NC(Cc1cc(F)c(F)cc1N1CCCC1)C(=O)O. The van der Waals surface area contributed by atoms with Gasteiger partial charge in [-0.1, -0.05) is 0 Å². The van der Waals surface area contributed by atoms with Crippen LogP contribution in [0, 0.1) is 11.6 Å². The lowest BCUT2D eigenvalue weighted by Gasteiger charge is -2.22. The van der Waals surface area contributed by atoms with Gasteiger partial charge in [-0.2, -0.15) is 0 Å². The largest absolute Gasteiger partial charge is 0.480 e. The fourth-order valence-electron chi connectivity index (χ4n) is 2.32. The summed E-state index contributed by atoms with van der Waals surface area (Å²) < 4.78 is 26.7. The van der Waals surface area contributed by atoms with Crippen molar-refractivity contribution in [3.8, 4) is 0 Å². The molecule has 0 spiro atoms. The standard InChI is InChI=1S/C13H16F2N2O2/c14-9-5-8(6-11(16)13(18)19)12(7-10(9)15)17-3-1-2-4-17/h5,7,11H,1-4,6,16H2,(H,18,19). The number of halogens is 2. The topological polar surface area (TPSA) is 66.6 Å². The Morgan fingerprint density at radius 1 is 1.32 bits per heavy atom. The van der Waals surface area contributed by atoms with Crippen molar-refractivity contribution in [2.75, 3.05) is 18.0 Å². The molecule has 4 nitrogen and oxygen atoms in total. The molecular formula is C13H16F2N2O2. The van der Waals surface area contributed by atoms with Crippen molar-refractivity contribution in [3.63, 3.8) is 0 Å². The van der Waals surface area contributed by atoms with Crippen LogP contribution in [0.3, 0.4) is 0 Å². The minimum absolute atomic E-state index is 0.0155. The van der Waals surface area contributed by atoms with Crippen LogP contribution in [0.5, 0.6) is 0 Å². The van der Waals surface area contributed by atoms with Gasteiger partial charge in [0.2, 0.25) is 0 Å². The van der Waals surface area contributed by atoms with Gasteiger partial charge in [-0.05, 0) is 24.5 Å². The first-order chi connectivity index (χ1) is 8.99. The molecule has 1 saturated heterocycles. The lowest BCUT2D eigenvalue weighted by molar-refractivity contribution is -0.138. The lowest BCUT2D eigenvalue weighted by Crippen LogP contribution is -2.33. The summed E-state index contributed by atoms with van der Waals surface area (Å²) in [5.41, 5.74) is 6.46. The summed E-state index contributed by atoms with van der Waals surface area (Å²) in [5, 5.41) is 8.82. The molecule has 0 bridgehead atoms. The Morgan fingerprint density at radius 2 is 1.89 bits per heavy atom. The predicted octanol–water partition coefficient (Wildman–Crippen LogP) is 1.52. The van der Waals surface area contributed by atoms with Crippen LogP contribution in [0.1, 0.15) is 18.4 Å². The third kappa shape index (κ3) is 3.01. The molecule has 6 heteroatoms. The molecule has 0 amide bonds. The van der Waals surface area contributed by atoms with Gasteiger partial charge in [0.15, 0.2) is 11.6 Å². The summed E-state index contributed by atoms with van der Waals surface area (Å²) in [7, 11) is 0. The van der Waals surface area contributed by atoms with Gasteiger partial charge in [0.05, 0.1) is 0 Å². The Balaban J connectivity index is 2.33. The molecule has 1 atom stereocenters. The number of carboxylic acid groups (broad SMARTS) is 1. The van der Waals surface area contributed by atoms with E-state index in [9.17, 15) is 13.6 Å². The minimum Gasteiger partial charge on any atom is -0.480 e. The molecule has 1 aliphatic heterocycles. The van der Waals surface area contributed by atoms with E-state index in [1.54, 1.807) is 0 Å². The smallest absolute Gasteiger partial charge is 0.320 e. The third-order valence-electron chi connectivity index (χ3n) is 3.33. The van der Waals surface area contributed by atoms with Gasteiger partial charge in [-0.3, -0.25) is 4.79 Å². The van der Waals surface area contributed by atoms with Crippen molar-refractivity contribution >= 4 is 11.7 Å². The molecule has 1 aromatic rings. The van der Waals surface area contributed by atoms with E-state index in [0.29, 0.717) is 11.3 Å². The highest BCUT2D eigenvalue weighted by Gasteiger charge is 2.21. The van der Waals surface area contributed by atoms with Crippen molar-refractivity contribution in [1.29, 1.82) is 0 Å². The van der Waals surface area contributed by atoms with Gasteiger partial charge in [0.1, 0.15) is 6.04 Å². The number of rotatable bonds is 4. The van der Waals surface area contributed by atoms with Crippen molar-refractivity contribution in [3.05, 3.63) is 29.3 Å². The Kier molecular flexibility index (Phi) is 3.99. The first-order valence-electron chi connectivity index (χ1n) is 6.20. The summed E-state index contributed by atoms with van der Waals surface area (Å²) in [6.07, 6.45) is 1.96. The fourth-order valence-corrected chi connectivity index (χ4v) is 2.32. The lowest BCUT2D eigenvalue weighted by atomic mass is 10.0. The quantitative estimate of drug-likeness (QED) is 0.870. The van der Waals surface area contributed by atoms with E-state index in [0.717, 1.165) is 38.1 Å². The second kappa shape index (κ2) is 5.52. The molecule has 0 radical (unpaired) electrons. The average Bonchev–Trinajstić information content (AvgIpc) is 2.86. The minimum atomic E-state index is -1.16. The zero-order chi connectivity index (χ0) is 14.0. The molecule has 1 fully saturated rings. The number of hydrogen-bond acceptors (Lipinski definition) is 3. The van der Waals surface area contributed by atoms with Crippen LogP contribution in [0.4, 0.5) is 14.5 Å². The van der Waals surface area contributed by atoms with Gasteiger partial charge < -0.3 is 15.7 Å². The maximum atomic E-state index is 13.4. The number of aliphatic carboxylic acids is 1. The summed E-state index contributed by atoms with van der Waals surface area (Å²) in [6, 6.07) is 1.06. The molecule has 1 aliphatic rings. The monoisotopic (exact) mass is 270 g/mol. The number of carboxylic acids is 1. The van der Waals surface area contributed by atoms with E-state index >= 15 is 0 Å². The fraction of sp³-hybridized carbons (Fsp3) is 0.462.